The van der Waals surface area contributed by atoms with Crippen molar-refractivity contribution in [2.24, 2.45) is 5.14 Å². The Morgan fingerprint density at radius 2 is 1.85 bits per heavy atom. The Balaban J connectivity index is 3.30. The summed E-state index contributed by atoms with van der Waals surface area (Å²) in [5, 5.41) is 7.33. The molecule has 0 aromatic heterocycles. The van der Waals surface area contributed by atoms with Gasteiger partial charge < -0.3 is 5.32 Å². The van der Waals surface area contributed by atoms with Gasteiger partial charge in [0.05, 0.1) is 5.56 Å². The number of nitrogens with two attached hydrogens (primary N) is 1. The maximum absolute atomic E-state index is 13.6. The number of rotatable bonds is 4. The molecule has 1 aromatic carbocycles. The van der Waals surface area contributed by atoms with Crippen LogP contribution in [-0.4, -0.2) is 19.9 Å². The highest BCUT2D eigenvalue weighted by Crippen LogP contribution is 2.19. The third-order valence-corrected chi connectivity index (χ3v) is 3.83. The third-order valence-electron chi connectivity index (χ3n) is 2.91. The van der Waals surface area contributed by atoms with Crippen LogP contribution in [0.2, 0.25) is 0 Å². The van der Waals surface area contributed by atoms with Gasteiger partial charge in [-0.3, -0.25) is 4.79 Å². The van der Waals surface area contributed by atoms with Crippen molar-refractivity contribution in [1.29, 1.82) is 0 Å². The summed E-state index contributed by atoms with van der Waals surface area (Å²) in [6.07, 6.45) is 0.573. The zero-order chi connectivity index (χ0) is 15.7. The second kappa shape index (κ2) is 5.45. The third kappa shape index (κ3) is 3.73. The SMILES string of the molecule is CCC(C)(C)NC(=O)c1cc(S(N)(=O)=O)c(F)cc1F. The number of hydrogen-bond acceptors (Lipinski definition) is 3. The highest BCUT2D eigenvalue weighted by Gasteiger charge is 2.25. The fourth-order valence-electron chi connectivity index (χ4n) is 1.38. The summed E-state index contributed by atoms with van der Waals surface area (Å²) in [5.74, 6) is -3.32. The number of carbonyl (C=O) groups excluding carboxylic acids is 1. The molecular formula is C12H16F2N2O3S. The van der Waals surface area contributed by atoms with E-state index in [1.807, 2.05) is 6.92 Å². The predicted molar refractivity (Wildman–Crippen MR) is 69.6 cm³/mol. The molecule has 20 heavy (non-hydrogen) atoms. The number of nitrogens with one attached hydrogen (secondary N) is 1. The smallest absolute Gasteiger partial charge is 0.254 e. The molecule has 0 fully saturated rings. The minimum Gasteiger partial charge on any atom is -0.347 e. The Labute approximate surface area is 116 Å². The number of sulfonamides is 1. The van der Waals surface area contributed by atoms with Crippen LogP contribution in [0.25, 0.3) is 0 Å². The molecule has 0 heterocycles. The number of halogens is 2. The first-order valence-corrected chi connectivity index (χ1v) is 7.37. The summed E-state index contributed by atoms with van der Waals surface area (Å²) in [7, 11) is -4.38. The molecule has 0 saturated carbocycles. The van der Waals surface area contributed by atoms with Crippen molar-refractivity contribution in [1.82, 2.24) is 5.32 Å². The zero-order valence-corrected chi connectivity index (χ0v) is 12.1. The number of primary sulfonamides is 1. The molecule has 0 saturated heterocycles. The number of benzene rings is 1. The lowest BCUT2D eigenvalue weighted by molar-refractivity contribution is 0.0906. The lowest BCUT2D eigenvalue weighted by Gasteiger charge is -2.24. The molecule has 0 aliphatic carbocycles. The van der Waals surface area contributed by atoms with Gasteiger partial charge >= 0.3 is 0 Å². The number of carbonyl (C=O) groups is 1. The molecule has 3 N–H and O–H groups in total. The summed E-state index contributed by atoms with van der Waals surface area (Å²) >= 11 is 0. The summed E-state index contributed by atoms with van der Waals surface area (Å²) < 4.78 is 49.3. The van der Waals surface area contributed by atoms with Crippen LogP contribution in [0.1, 0.15) is 37.6 Å². The van der Waals surface area contributed by atoms with Crippen LogP contribution in [0, 0.1) is 11.6 Å². The molecule has 0 radical (unpaired) electrons. The largest absolute Gasteiger partial charge is 0.347 e. The average molecular weight is 306 g/mol. The van der Waals surface area contributed by atoms with E-state index >= 15 is 0 Å². The van der Waals surface area contributed by atoms with Crippen molar-refractivity contribution < 1.29 is 22.0 Å². The first kappa shape index (κ1) is 16.5. The highest BCUT2D eigenvalue weighted by molar-refractivity contribution is 7.89. The minimum atomic E-state index is -4.38. The van der Waals surface area contributed by atoms with E-state index in [2.05, 4.69) is 5.32 Å². The van der Waals surface area contributed by atoms with Gasteiger partial charge in [-0.05, 0) is 26.3 Å². The van der Waals surface area contributed by atoms with E-state index in [0.717, 1.165) is 0 Å². The molecule has 5 nitrogen and oxygen atoms in total. The van der Waals surface area contributed by atoms with Gasteiger partial charge in [0.2, 0.25) is 10.0 Å². The van der Waals surface area contributed by atoms with Gasteiger partial charge in [0, 0.05) is 11.6 Å². The second-order valence-corrected chi connectivity index (χ2v) is 6.53. The highest BCUT2D eigenvalue weighted by atomic mass is 32.2. The van der Waals surface area contributed by atoms with Crippen LogP contribution < -0.4 is 10.5 Å². The Kier molecular flexibility index (Phi) is 4.50. The van der Waals surface area contributed by atoms with Gasteiger partial charge in [-0.1, -0.05) is 6.92 Å². The molecule has 0 aliphatic rings. The summed E-state index contributed by atoms with van der Waals surface area (Å²) in [6, 6.07) is 0.925. The molecular weight excluding hydrogens is 290 g/mol. The first-order chi connectivity index (χ1) is 8.98. The molecule has 1 rings (SSSR count). The minimum absolute atomic E-state index is 0.327. The molecule has 1 amide bonds. The monoisotopic (exact) mass is 306 g/mol. The molecule has 0 aliphatic heterocycles. The van der Waals surface area contributed by atoms with Crippen LogP contribution in [0.3, 0.4) is 0 Å². The van der Waals surface area contributed by atoms with Gasteiger partial charge in [0.15, 0.2) is 0 Å². The van der Waals surface area contributed by atoms with Gasteiger partial charge in [-0.2, -0.15) is 0 Å². The Hall–Kier alpha value is -1.54. The summed E-state index contributed by atoms with van der Waals surface area (Å²) in [5.41, 5.74) is -1.18. The fourth-order valence-corrected chi connectivity index (χ4v) is 2.00. The first-order valence-electron chi connectivity index (χ1n) is 5.82. The Bertz CT molecular complexity index is 642. The summed E-state index contributed by atoms with van der Waals surface area (Å²) in [6.45, 7) is 5.25. The van der Waals surface area contributed by atoms with Gasteiger partial charge in [-0.25, -0.2) is 22.3 Å². The van der Waals surface area contributed by atoms with E-state index in [1.54, 1.807) is 13.8 Å². The van der Waals surface area contributed by atoms with Crippen LogP contribution in [0.4, 0.5) is 8.78 Å². The van der Waals surface area contributed by atoms with Crippen molar-refractivity contribution in [3.63, 3.8) is 0 Å². The lowest BCUT2D eigenvalue weighted by Crippen LogP contribution is -2.43. The summed E-state index contributed by atoms with van der Waals surface area (Å²) in [4.78, 5) is 11.0. The van der Waals surface area contributed by atoms with Crippen molar-refractivity contribution in [2.75, 3.05) is 0 Å². The predicted octanol–water partition coefficient (Wildman–Crippen LogP) is 1.53. The normalized spacial score (nSPS) is 12.3. The molecule has 112 valence electrons. The maximum Gasteiger partial charge on any atom is 0.254 e. The lowest BCUT2D eigenvalue weighted by atomic mass is 10.0. The van der Waals surface area contributed by atoms with E-state index in [0.29, 0.717) is 18.6 Å². The van der Waals surface area contributed by atoms with E-state index in [9.17, 15) is 22.0 Å². The van der Waals surface area contributed by atoms with E-state index in [4.69, 9.17) is 5.14 Å². The van der Waals surface area contributed by atoms with Crippen LogP contribution >= 0.6 is 0 Å². The standard InChI is InChI=1S/C12H16F2N2O3S/c1-4-12(2,3)16-11(17)7-5-10(20(15,18)19)9(14)6-8(7)13/h5-6H,4H2,1-3H3,(H,16,17)(H2,15,18,19). The van der Waals surface area contributed by atoms with E-state index < -0.39 is 43.6 Å². The molecule has 0 spiro atoms. The van der Waals surface area contributed by atoms with E-state index in [1.165, 1.54) is 0 Å². The number of amides is 1. The van der Waals surface area contributed by atoms with Gasteiger partial charge in [0.25, 0.3) is 5.91 Å². The molecule has 0 bridgehead atoms. The van der Waals surface area contributed by atoms with Crippen molar-refractivity contribution in [3.8, 4) is 0 Å². The quantitative estimate of drug-likeness (QED) is 0.884. The topological polar surface area (TPSA) is 89.3 Å². The van der Waals surface area contributed by atoms with Crippen molar-refractivity contribution >= 4 is 15.9 Å². The molecule has 1 aromatic rings. The molecule has 0 unspecified atom stereocenters. The Morgan fingerprint density at radius 3 is 2.30 bits per heavy atom. The van der Waals surface area contributed by atoms with Crippen molar-refractivity contribution in [3.05, 3.63) is 29.3 Å². The number of hydrogen-bond donors (Lipinski definition) is 2. The molecule has 0 atom stereocenters. The maximum atomic E-state index is 13.6. The average Bonchev–Trinajstić information content (AvgIpc) is 2.26. The van der Waals surface area contributed by atoms with Gasteiger partial charge in [-0.15, -0.1) is 0 Å². The second-order valence-electron chi connectivity index (χ2n) is 5.00. The van der Waals surface area contributed by atoms with Crippen molar-refractivity contribution in [2.45, 2.75) is 37.6 Å². The molecule has 8 heteroatoms. The van der Waals surface area contributed by atoms with E-state index in [-0.39, 0.29) is 0 Å². The van der Waals surface area contributed by atoms with Crippen LogP contribution in [0.15, 0.2) is 17.0 Å². The van der Waals surface area contributed by atoms with Gasteiger partial charge in [0.1, 0.15) is 16.5 Å². The fraction of sp³-hybridized carbons (Fsp3) is 0.417. The Morgan fingerprint density at radius 1 is 1.30 bits per heavy atom. The van der Waals surface area contributed by atoms with Crippen LogP contribution in [0.5, 0.6) is 0 Å². The van der Waals surface area contributed by atoms with Crippen LogP contribution in [-0.2, 0) is 10.0 Å². The zero-order valence-electron chi connectivity index (χ0n) is 11.3.